The molecule has 1 aromatic heterocycles. The molecule has 3 rings (SSSR count). The van der Waals surface area contributed by atoms with E-state index >= 15 is 0 Å². The van der Waals surface area contributed by atoms with Gasteiger partial charge >= 0.3 is 0 Å². The fourth-order valence-electron chi connectivity index (χ4n) is 2.45. The maximum atomic E-state index is 12.5. The number of nitrogens with one attached hydrogen (secondary N) is 2. The highest BCUT2D eigenvalue weighted by Crippen LogP contribution is 2.25. The molecule has 1 fully saturated rings. The van der Waals surface area contributed by atoms with E-state index in [1.807, 2.05) is 25.1 Å². The van der Waals surface area contributed by atoms with Gasteiger partial charge in [0, 0.05) is 10.9 Å². The number of hydrogen-bond acceptors (Lipinski definition) is 3. The van der Waals surface area contributed by atoms with Crippen LogP contribution >= 0.6 is 11.3 Å². The zero-order valence-electron chi connectivity index (χ0n) is 13.3. The van der Waals surface area contributed by atoms with Gasteiger partial charge in [0.1, 0.15) is 0 Å². The Labute approximate surface area is 139 Å². The van der Waals surface area contributed by atoms with Gasteiger partial charge in [-0.2, -0.15) is 0 Å². The predicted octanol–water partition coefficient (Wildman–Crippen LogP) is 3.76. The molecule has 1 saturated carbocycles. The maximum absolute atomic E-state index is 12.5. The van der Waals surface area contributed by atoms with Gasteiger partial charge in [0.05, 0.1) is 16.1 Å². The molecule has 0 bridgehead atoms. The standard InChI is InChI=1S/C18H20N2O2S/c1-3-12-10-16(23-11(12)2)18(22)20-15-7-5-4-6-14(15)17(21)19-13-8-9-13/h4-7,10,13H,3,8-9H2,1-2H3,(H,19,21)(H,20,22). The summed E-state index contributed by atoms with van der Waals surface area (Å²) in [5.41, 5.74) is 2.26. The minimum absolute atomic E-state index is 0.125. The van der Waals surface area contributed by atoms with E-state index in [4.69, 9.17) is 0 Å². The number of carbonyl (C=O) groups excluding carboxylic acids is 2. The predicted molar refractivity (Wildman–Crippen MR) is 93.3 cm³/mol. The van der Waals surface area contributed by atoms with Crippen molar-refractivity contribution in [3.63, 3.8) is 0 Å². The molecule has 2 amide bonds. The van der Waals surface area contributed by atoms with Crippen molar-refractivity contribution in [1.29, 1.82) is 0 Å². The topological polar surface area (TPSA) is 58.2 Å². The Morgan fingerprint density at radius 3 is 2.61 bits per heavy atom. The molecule has 0 unspecified atom stereocenters. The number of hydrogen-bond donors (Lipinski definition) is 2. The van der Waals surface area contributed by atoms with Gasteiger partial charge in [-0.1, -0.05) is 19.1 Å². The molecule has 1 aromatic carbocycles. The van der Waals surface area contributed by atoms with Crippen LogP contribution in [0.2, 0.25) is 0 Å². The molecule has 1 heterocycles. The second-order valence-corrected chi connectivity index (χ2v) is 7.05. The molecule has 120 valence electrons. The minimum atomic E-state index is -0.163. The molecule has 0 spiro atoms. The molecule has 1 aliphatic carbocycles. The third kappa shape index (κ3) is 3.62. The Morgan fingerprint density at radius 1 is 1.22 bits per heavy atom. The largest absolute Gasteiger partial charge is 0.349 e. The van der Waals surface area contributed by atoms with E-state index in [2.05, 4.69) is 17.6 Å². The first kappa shape index (κ1) is 15.7. The molecule has 0 saturated heterocycles. The summed E-state index contributed by atoms with van der Waals surface area (Å²) in [5, 5.41) is 5.83. The summed E-state index contributed by atoms with van der Waals surface area (Å²) in [7, 11) is 0. The Balaban J connectivity index is 1.78. The normalized spacial score (nSPS) is 13.7. The summed E-state index contributed by atoms with van der Waals surface area (Å²) < 4.78 is 0. The van der Waals surface area contributed by atoms with Crippen molar-refractivity contribution in [1.82, 2.24) is 5.32 Å². The van der Waals surface area contributed by atoms with Crippen LogP contribution < -0.4 is 10.6 Å². The first-order chi connectivity index (χ1) is 11.1. The SMILES string of the molecule is CCc1cc(C(=O)Nc2ccccc2C(=O)NC2CC2)sc1C. The monoisotopic (exact) mass is 328 g/mol. The average Bonchev–Trinajstić information content (AvgIpc) is 3.27. The van der Waals surface area contributed by atoms with Crippen LogP contribution in [0.5, 0.6) is 0 Å². The van der Waals surface area contributed by atoms with Gasteiger partial charge in [-0.15, -0.1) is 11.3 Å². The maximum Gasteiger partial charge on any atom is 0.265 e. The van der Waals surface area contributed by atoms with E-state index in [0.717, 1.165) is 24.1 Å². The van der Waals surface area contributed by atoms with Crippen molar-refractivity contribution in [3.05, 3.63) is 51.2 Å². The number of thiophene rings is 1. The molecule has 0 aliphatic heterocycles. The van der Waals surface area contributed by atoms with Crippen molar-refractivity contribution in [2.75, 3.05) is 5.32 Å². The van der Waals surface area contributed by atoms with Crippen molar-refractivity contribution in [2.24, 2.45) is 0 Å². The molecule has 5 heteroatoms. The van der Waals surface area contributed by atoms with Crippen molar-refractivity contribution in [3.8, 4) is 0 Å². The fourth-order valence-corrected chi connectivity index (χ4v) is 3.46. The first-order valence-electron chi connectivity index (χ1n) is 7.89. The summed E-state index contributed by atoms with van der Waals surface area (Å²) in [5.74, 6) is -0.288. The van der Waals surface area contributed by atoms with Crippen molar-refractivity contribution in [2.45, 2.75) is 39.2 Å². The second-order valence-electron chi connectivity index (χ2n) is 5.79. The highest BCUT2D eigenvalue weighted by Gasteiger charge is 2.25. The summed E-state index contributed by atoms with van der Waals surface area (Å²) >= 11 is 1.49. The van der Waals surface area contributed by atoms with Crippen LogP contribution in [-0.4, -0.2) is 17.9 Å². The Bertz CT molecular complexity index is 747. The zero-order chi connectivity index (χ0) is 16.4. The smallest absolute Gasteiger partial charge is 0.265 e. The lowest BCUT2D eigenvalue weighted by Crippen LogP contribution is -2.26. The third-order valence-electron chi connectivity index (χ3n) is 3.96. The van der Waals surface area contributed by atoms with Crippen LogP contribution in [0, 0.1) is 6.92 Å². The van der Waals surface area contributed by atoms with Gasteiger partial charge in [0.2, 0.25) is 0 Å². The lowest BCUT2D eigenvalue weighted by Gasteiger charge is -2.10. The van der Waals surface area contributed by atoms with E-state index in [-0.39, 0.29) is 11.8 Å². The van der Waals surface area contributed by atoms with E-state index in [0.29, 0.717) is 22.2 Å². The molecule has 23 heavy (non-hydrogen) atoms. The Morgan fingerprint density at radius 2 is 1.96 bits per heavy atom. The van der Waals surface area contributed by atoms with Gasteiger partial charge in [-0.05, 0) is 49.9 Å². The van der Waals surface area contributed by atoms with E-state index in [9.17, 15) is 9.59 Å². The summed E-state index contributed by atoms with van der Waals surface area (Å²) in [6.45, 7) is 4.10. The number of carbonyl (C=O) groups is 2. The van der Waals surface area contributed by atoms with Gasteiger partial charge in [0.15, 0.2) is 0 Å². The van der Waals surface area contributed by atoms with E-state index in [1.54, 1.807) is 12.1 Å². The van der Waals surface area contributed by atoms with Crippen LogP contribution in [0.25, 0.3) is 0 Å². The molecule has 4 nitrogen and oxygen atoms in total. The van der Waals surface area contributed by atoms with Crippen molar-refractivity contribution < 1.29 is 9.59 Å². The Kier molecular flexibility index (Phi) is 4.48. The summed E-state index contributed by atoms with van der Waals surface area (Å²) in [4.78, 5) is 26.6. The van der Waals surface area contributed by atoms with Crippen LogP contribution in [0.3, 0.4) is 0 Å². The lowest BCUT2D eigenvalue weighted by molar-refractivity contribution is 0.0952. The first-order valence-corrected chi connectivity index (χ1v) is 8.70. The van der Waals surface area contributed by atoms with Crippen LogP contribution in [0.1, 0.15) is 50.2 Å². The fraction of sp³-hybridized carbons (Fsp3) is 0.333. The molecular formula is C18H20N2O2S. The average molecular weight is 328 g/mol. The van der Waals surface area contributed by atoms with Gasteiger partial charge in [-0.25, -0.2) is 0 Å². The summed E-state index contributed by atoms with van der Waals surface area (Å²) in [6, 6.07) is 9.36. The van der Waals surface area contributed by atoms with Crippen LogP contribution in [-0.2, 0) is 6.42 Å². The number of rotatable bonds is 5. The number of para-hydroxylation sites is 1. The molecule has 2 aromatic rings. The van der Waals surface area contributed by atoms with E-state index in [1.165, 1.54) is 16.9 Å². The van der Waals surface area contributed by atoms with Crippen molar-refractivity contribution >= 4 is 28.8 Å². The third-order valence-corrected chi connectivity index (χ3v) is 5.05. The van der Waals surface area contributed by atoms with Gasteiger partial charge in [0.25, 0.3) is 11.8 Å². The highest BCUT2D eigenvalue weighted by molar-refractivity contribution is 7.14. The number of amides is 2. The minimum Gasteiger partial charge on any atom is -0.349 e. The van der Waals surface area contributed by atoms with Gasteiger partial charge < -0.3 is 10.6 Å². The lowest BCUT2D eigenvalue weighted by atomic mass is 10.1. The molecule has 0 atom stereocenters. The molecule has 2 N–H and O–H groups in total. The van der Waals surface area contributed by atoms with Crippen LogP contribution in [0.15, 0.2) is 30.3 Å². The summed E-state index contributed by atoms with van der Waals surface area (Å²) in [6.07, 6.45) is 2.99. The number of anilines is 1. The number of benzene rings is 1. The second kappa shape index (κ2) is 6.54. The zero-order valence-corrected chi connectivity index (χ0v) is 14.1. The number of aryl methyl sites for hydroxylation is 2. The Hall–Kier alpha value is -2.14. The molecule has 0 radical (unpaired) electrons. The highest BCUT2D eigenvalue weighted by atomic mass is 32.1. The molecular weight excluding hydrogens is 308 g/mol. The quantitative estimate of drug-likeness (QED) is 0.878. The van der Waals surface area contributed by atoms with Crippen LogP contribution in [0.4, 0.5) is 5.69 Å². The van der Waals surface area contributed by atoms with E-state index < -0.39 is 0 Å². The van der Waals surface area contributed by atoms with Gasteiger partial charge in [-0.3, -0.25) is 9.59 Å². The molecule has 1 aliphatic rings.